The van der Waals surface area contributed by atoms with Crippen molar-refractivity contribution >= 4 is 17.5 Å². The van der Waals surface area contributed by atoms with Gasteiger partial charge in [-0.3, -0.25) is 9.59 Å². The molecule has 1 unspecified atom stereocenters. The van der Waals surface area contributed by atoms with Crippen LogP contribution in [0.2, 0.25) is 0 Å². The van der Waals surface area contributed by atoms with E-state index in [1.54, 1.807) is 19.1 Å². The van der Waals surface area contributed by atoms with Crippen molar-refractivity contribution in [1.29, 1.82) is 0 Å². The van der Waals surface area contributed by atoms with Crippen molar-refractivity contribution in [3.05, 3.63) is 34.9 Å². The molecule has 1 aliphatic rings. The molecule has 0 aliphatic heterocycles. The standard InChI is InChI=1S/C16H18O5/c1-3-6-10-7-5-8-11-12(10)14(18)16(20,13(11)17)15(19)21-9-4-2/h5,7-8,20H,3-4,6,9H2,1-2H3. The molecular weight excluding hydrogens is 272 g/mol. The fourth-order valence-corrected chi connectivity index (χ4v) is 2.50. The van der Waals surface area contributed by atoms with E-state index in [1.165, 1.54) is 6.07 Å². The van der Waals surface area contributed by atoms with Gasteiger partial charge in [0.2, 0.25) is 11.6 Å². The van der Waals surface area contributed by atoms with Crippen LogP contribution in [0.25, 0.3) is 0 Å². The van der Waals surface area contributed by atoms with Crippen molar-refractivity contribution in [1.82, 2.24) is 0 Å². The predicted octanol–water partition coefficient (Wildman–Crippen LogP) is 1.70. The number of ether oxygens (including phenoxy) is 1. The first-order chi connectivity index (χ1) is 9.98. The van der Waals surface area contributed by atoms with E-state index in [4.69, 9.17) is 4.74 Å². The van der Waals surface area contributed by atoms with Gasteiger partial charge in [-0.05, 0) is 18.4 Å². The zero-order valence-electron chi connectivity index (χ0n) is 12.1. The van der Waals surface area contributed by atoms with Gasteiger partial charge in [-0.25, -0.2) is 4.79 Å². The lowest BCUT2D eigenvalue weighted by Gasteiger charge is -2.17. The van der Waals surface area contributed by atoms with Crippen molar-refractivity contribution in [2.45, 2.75) is 38.7 Å². The SMILES string of the molecule is CCCOC(=O)C1(O)C(=O)c2cccc(CCC)c2C1=O. The van der Waals surface area contributed by atoms with Gasteiger partial charge in [0.1, 0.15) is 0 Å². The van der Waals surface area contributed by atoms with Gasteiger partial charge in [0.05, 0.1) is 6.61 Å². The first-order valence-electron chi connectivity index (χ1n) is 7.09. The van der Waals surface area contributed by atoms with Gasteiger partial charge in [-0.2, -0.15) is 0 Å². The van der Waals surface area contributed by atoms with Crippen LogP contribution in [0.5, 0.6) is 0 Å². The highest BCUT2D eigenvalue weighted by atomic mass is 16.6. The first-order valence-corrected chi connectivity index (χ1v) is 7.09. The average molecular weight is 290 g/mol. The lowest BCUT2D eigenvalue weighted by Crippen LogP contribution is -2.50. The lowest BCUT2D eigenvalue weighted by molar-refractivity contribution is -0.155. The fourth-order valence-electron chi connectivity index (χ4n) is 2.50. The Kier molecular flexibility index (Phi) is 4.23. The molecule has 112 valence electrons. The Morgan fingerprint density at radius 3 is 2.52 bits per heavy atom. The van der Waals surface area contributed by atoms with Crippen LogP contribution in [-0.2, 0) is 16.0 Å². The molecule has 1 atom stereocenters. The van der Waals surface area contributed by atoms with Crippen LogP contribution in [0.3, 0.4) is 0 Å². The molecule has 0 aromatic heterocycles. The minimum absolute atomic E-state index is 0.0554. The van der Waals surface area contributed by atoms with Gasteiger partial charge in [-0.15, -0.1) is 0 Å². The summed E-state index contributed by atoms with van der Waals surface area (Å²) in [6.07, 6.45) is 1.93. The Hall–Kier alpha value is -2.01. The van der Waals surface area contributed by atoms with E-state index in [-0.39, 0.29) is 17.7 Å². The molecule has 21 heavy (non-hydrogen) atoms. The van der Waals surface area contributed by atoms with Gasteiger partial charge in [0.15, 0.2) is 0 Å². The molecule has 0 saturated heterocycles. The summed E-state index contributed by atoms with van der Waals surface area (Å²) in [4.78, 5) is 36.7. The number of aliphatic hydroxyl groups is 1. The summed E-state index contributed by atoms with van der Waals surface area (Å²) in [5.74, 6) is -2.94. The van der Waals surface area contributed by atoms with E-state index in [9.17, 15) is 19.5 Å². The molecule has 0 heterocycles. The Morgan fingerprint density at radius 1 is 1.19 bits per heavy atom. The molecular formula is C16H18O5. The number of hydrogen-bond donors (Lipinski definition) is 1. The molecule has 1 aromatic rings. The highest BCUT2D eigenvalue weighted by Gasteiger charge is 2.59. The molecule has 5 heteroatoms. The van der Waals surface area contributed by atoms with Gasteiger partial charge in [-0.1, -0.05) is 38.5 Å². The second-order valence-electron chi connectivity index (χ2n) is 5.09. The van der Waals surface area contributed by atoms with Crippen LogP contribution in [0.1, 0.15) is 53.0 Å². The number of carbonyl (C=O) groups is 3. The molecule has 1 N–H and O–H groups in total. The van der Waals surface area contributed by atoms with Gasteiger partial charge in [0, 0.05) is 11.1 Å². The highest BCUT2D eigenvalue weighted by Crippen LogP contribution is 2.34. The van der Waals surface area contributed by atoms with Crippen LogP contribution in [0.4, 0.5) is 0 Å². The monoisotopic (exact) mass is 290 g/mol. The molecule has 1 aliphatic carbocycles. The second kappa shape index (κ2) is 5.77. The largest absolute Gasteiger partial charge is 0.463 e. The smallest absolute Gasteiger partial charge is 0.354 e. The quantitative estimate of drug-likeness (QED) is 0.659. The maximum Gasteiger partial charge on any atom is 0.354 e. The molecule has 0 radical (unpaired) electrons. The number of rotatable bonds is 5. The zero-order valence-corrected chi connectivity index (χ0v) is 12.1. The third-order valence-corrected chi connectivity index (χ3v) is 3.53. The summed E-state index contributed by atoms with van der Waals surface area (Å²) in [5, 5.41) is 10.4. The molecule has 1 aromatic carbocycles. The van der Waals surface area contributed by atoms with Gasteiger partial charge < -0.3 is 9.84 Å². The number of hydrogen-bond acceptors (Lipinski definition) is 5. The highest BCUT2D eigenvalue weighted by molar-refractivity contribution is 6.41. The predicted molar refractivity (Wildman–Crippen MR) is 75.3 cm³/mol. The summed E-state index contributed by atoms with van der Waals surface area (Å²) in [7, 11) is 0. The number of carbonyl (C=O) groups excluding carboxylic acids is 3. The Labute approximate surface area is 122 Å². The molecule has 0 fully saturated rings. The zero-order chi connectivity index (χ0) is 15.6. The molecule has 0 bridgehead atoms. The second-order valence-corrected chi connectivity index (χ2v) is 5.09. The number of benzene rings is 1. The molecule has 5 nitrogen and oxygen atoms in total. The normalized spacial score (nSPS) is 20.5. The van der Waals surface area contributed by atoms with Crippen LogP contribution < -0.4 is 0 Å². The van der Waals surface area contributed by atoms with Crippen LogP contribution in [-0.4, -0.2) is 34.9 Å². The van der Waals surface area contributed by atoms with E-state index in [0.717, 1.165) is 6.42 Å². The number of fused-ring (bicyclic) bond motifs is 1. The van der Waals surface area contributed by atoms with Crippen molar-refractivity contribution < 1.29 is 24.2 Å². The van der Waals surface area contributed by atoms with Gasteiger partial charge >= 0.3 is 5.97 Å². The minimum Gasteiger partial charge on any atom is -0.463 e. The van der Waals surface area contributed by atoms with Crippen LogP contribution >= 0.6 is 0 Å². The third-order valence-electron chi connectivity index (χ3n) is 3.53. The third kappa shape index (κ3) is 2.27. The van der Waals surface area contributed by atoms with E-state index in [2.05, 4.69) is 0 Å². The van der Waals surface area contributed by atoms with Crippen molar-refractivity contribution in [3.8, 4) is 0 Å². The van der Waals surface area contributed by atoms with E-state index >= 15 is 0 Å². The number of ketones is 2. The summed E-state index contributed by atoms with van der Waals surface area (Å²) in [6.45, 7) is 3.78. The number of aryl methyl sites for hydroxylation is 1. The van der Waals surface area contributed by atoms with Crippen molar-refractivity contribution in [2.75, 3.05) is 6.61 Å². The molecule has 0 saturated carbocycles. The molecule has 0 amide bonds. The minimum atomic E-state index is -2.72. The summed E-state index contributed by atoms with van der Waals surface area (Å²) in [5.41, 5.74) is -1.80. The maximum atomic E-state index is 12.5. The van der Waals surface area contributed by atoms with E-state index in [1.807, 2.05) is 6.92 Å². The Bertz CT molecular complexity index is 605. The first kappa shape index (κ1) is 15.4. The topological polar surface area (TPSA) is 80.7 Å². The number of Topliss-reactive ketones (excluding diaryl/α,β-unsaturated/α-hetero) is 2. The molecule has 0 spiro atoms. The average Bonchev–Trinajstić information content (AvgIpc) is 2.69. The fraction of sp³-hybridized carbons (Fsp3) is 0.438. The van der Waals surface area contributed by atoms with Crippen LogP contribution in [0, 0.1) is 0 Å². The number of esters is 1. The Balaban J connectivity index is 2.47. The summed E-state index contributed by atoms with van der Waals surface area (Å²) >= 11 is 0. The van der Waals surface area contributed by atoms with Crippen molar-refractivity contribution in [2.24, 2.45) is 0 Å². The van der Waals surface area contributed by atoms with Crippen molar-refractivity contribution in [3.63, 3.8) is 0 Å². The van der Waals surface area contributed by atoms with Crippen LogP contribution in [0.15, 0.2) is 18.2 Å². The molecule has 2 rings (SSSR count). The summed E-state index contributed by atoms with van der Waals surface area (Å²) < 4.78 is 4.82. The van der Waals surface area contributed by atoms with Gasteiger partial charge in [0.25, 0.3) is 5.60 Å². The maximum absolute atomic E-state index is 12.5. The van der Waals surface area contributed by atoms with E-state index in [0.29, 0.717) is 18.4 Å². The van der Waals surface area contributed by atoms with E-state index < -0.39 is 23.1 Å². The Morgan fingerprint density at radius 2 is 1.90 bits per heavy atom. The lowest BCUT2D eigenvalue weighted by atomic mass is 9.96. The summed E-state index contributed by atoms with van der Waals surface area (Å²) in [6, 6.07) is 4.84.